The standard InChI is InChI=1S/C12H22.C7H12O2/c1-2-3-4-5-6-9-12-10-7-8-11-12;1-2-3-4-5-6-7(8)9/h6,9,12H,2-5,7-8,10-11H2,1H3;2-3H,4-6H2,1H3,(H,8,9)/b9-6+;3-2-. The van der Waals surface area contributed by atoms with Crippen LogP contribution in [-0.2, 0) is 4.79 Å². The highest BCUT2D eigenvalue weighted by Crippen LogP contribution is 2.25. The van der Waals surface area contributed by atoms with Crippen molar-refractivity contribution in [3.63, 3.8) is 0 Å². The second kappa shape index (κ2) is 15.3. The minimum Gasteiger partial charge on any atom is -0.481 e. The first kappa shape index (κ1) is 19.9. The van der Waals surface area contributed by atoms with E-state index in [0.717, 1.165) is 18.8 Å². The van der Waals surface area contributed by atoms with Crippen molar-refractivity contribution < 1.29 is 9.90 Å². The molecule has 1 rings (SSSR count). The highest BCUT2D eigenvalue weighted by atomic mass is 16.4. The molecule has 122 valence electrons. The summed E-state index contributed by atoms with van der Waals surface area (Å²) in [6.07, 6.45) is 21.9. The number of rotatable bonds is 9. The minimum absolute atomic E-state index is 0.282. The summed E-state index contributed by atoms with van der Waals surface area (Å²) in [5.41, 5.74) is 0. The molecule has 0 spiro atoms. The van der Waals surface area contributed by atoms with Gasteiger partial charge in [0.15, 0.2) is 0 Å². The fraction of sp³-hybridized carbons (Fsp3) is 0.737. The second-order valence-corrected chi connectivity index (χ2v) is 5.82. The molecule has 0 atom stereocenters. The van der Waals surface area contributed by atoms with Gasteiger partial charge in [-0.05, 0) is 51.4 Å². The molecule has 1 aliphatic carbocycles. The zero-order chi connectivity index (χ0) is 15.8. The van der Waals surface area contributed by atoms with Crippen molar-refractivity contribution in [2.24, 2.45) is 5.92 Å². The first-order valence-electron chi connectivity index (χ1n) is 8.70. The van der Waals surface area contributed by atoms with E-state index in [0.29, 0.717) is 0 Å². The number of hydrogen-bond acceptors (Lipinski definition) is 1. The fourth-order valence-corrected chi connectivity index (χ4v) is 2.49. The van der Waals surface area contributed by atoms with Crippen LogP contribution in [0.4, 0.5) is 0 Å². The van der Waals surface area contributed by atoms with E-state index in [2.05, 4.69) is 19.1 Å². The van der Waals surface area contributed by atoms with Crippen molar-refractivity contribution in [1.82, 2.24) is 0 Å². The molecule has 21 heavy (non-hydrogen) atoms. The van der Waals surface area contributed by atoms with Crippen molar-refractivity contribution in [1.29, 1.82) is 0 Å². The largest absolute Gasteiger partial charge is 0.481 e. The van der Waals surface area contributed by atoms with Gasteiger partial charge in [0.25, 0.3) is 0 Å². The average molecular weight is 294 g/mol. The molecular weight excluding hydrogens is 260 g/mol. The van der Waals surface area contributed by atoms with Crippen LogP contribution in [0.25, 0.3) is 0 Å². The lowest BCUT2D eigenvalue weighted by atomic mass is 10.1. The van der Waals surface area contributed by atoms with Gasteiger partial charge in [0.2, 0.25) is 0 Å². The lowest BCUT2D eigenvalue weighted by Crippen LogP contribution is -1.92. The molecule has 1 aliphatic rings. The summed E-state index contributed by atoms with van der Waals surface area (Å²) >= 11 is 0. The Morgan fingerprint density at radius 1 is 1.10 bits per heavy atom. The van der Waals surface area contributed by atoms with Gasteiger partial charge in [-0.1, -0.05) is 56.9 Å². The van der Waals surface area contributed by atoms with E-state index in [1.54, 1.807) is 0 Å². The average Bonchev–Trinajstić information content (AvgIpc) is 2.97. The normalized spacial score (nSPS) is 15.5. The molecule has 0 bridgehead atoms. The molecule has 1 fully saturated rings. The Morgan fingerprint density at radius 3 is 2.33 bits per heavy atom. The van der Waals surface area contributed by atoms with Gasteiger partial charge >= 0.3 is 5.97 Å². The smallest absolute Gasteiger partial charge is 0.303 e. The van der Waals surface area contributed by atoms with E-state index in [9.17, 15) is 4.79 Å². The number of aliphatic carboxylic acids is 1. The predicted octanol–water partition coefficient (Wildman–Crippen LogP) is 6.13. The predicted molar refractivity (Wildman–Crippen MR) is 91.5 cm³/mol. The van der Waals surface area contributed by atoms with Crippen molar-refractivity contribution in [3.8, 4) is 0 Å². The number of allylic oxidation sites excluding steroid dienone is 4. The first-order chi connectivity index (χ1) is 10.2. The molecule has 0 radical (unpaired) electrons. The van der Waals surface area contributed by atoms with Crippen LogP contribution in [0.5, 0.6) is 0 Å². The third-order valence-corrected chi connectivity index (χ3v) is 3.78. The number of carboxylic acids is 1. The van der Waals surface area contributed by atoms with Gasteiger partial charge in [-0.2, -0.15) is 0 Å². The van der Waals surface area contributed by atoms with Crippen molar-refractivity contribution >= 4 is 5.97 Å². The minimum atomic E-state index is -0.709. The first-order valence-corrected chi connectivity index (χ1v) is 8.70. The third kappa shape index (κ3) is 15.2. The van der Waals surface area contributed by atoms with Crippen LogP contribution in [0.15, 0.2) is 24.3 Å². The number of carbonyl (C=O) groups is 1. The number of unbranched alkanes of at least 4 members (excludes halogenated alkanes) is 4. The van der Waals surface area contributed by atoms with E-state index < -0.39 is 5.97 Å². The molecule has 0 aromatic rings. The van der Waals surface area contributed by atoms with Crippen LogP contribution >= 0.6 is 0 Å². The van der Waals surface area contributed by atoms with E-state index in [1.165, 1.54) is 51.4 Å². The Labute approximate surface area is 131 Å². The maximum atomic E-state index is 9.94. The molecule has 1 saturated carbocycles. The Morgan fingerprint density at radius 2 is 1.76 bits per heavy atom. The molecule has 0 saturated heterocycles. The highest BCUT2D eigenvalue weighted by Gasteiger charge is 2.10. The Bertz CT molecular complexity index is 286. The van der Waals surface area contributed by atoms with Gasteiger partial charge in [0, 0.05) is 6.42 Å². The Kier molecular flexibility index (Phi) is 14.6. The number of carboxylic acid groups (broad SMARTS) is 1. The van der Waals surface area contributed by atoms with Crippen LogP contribution in [0.3, 0.4) is 0 Å². The van der Waals surface area contributed by atoms with Gasteiger partial charge in [0.1, 0.15) is 0 Å². The van der Waals surface area contributed by atoms with Crippen LogP contribution in [0, 0.1) is 5.92 Å². The molecule has 0 unspecified atom stereocenters. The van der Waals surface area contributed by atoms with Gasteiger partial charge in [-0.25, -0.2) is 0 Å². The van der Waals surface area contributed by atoms with Crippen molar-refractivity contribution in [2.45, 2.75) is 84.5 Å². The van der Waals surface area contributed by atoms with Crippen LogP contribution in [0.1, 0.15) is 84.5 Å². The van der Waals surface area contributed by atoms with Gasteiger partial charge in [-0.15, -0.1) is 0 Å². The van der Waals surface area contributed by atoms with E-state index in [1.807, 2.05) is 19.1 Å². The molecule has 0 heterocycles. The zero-order valence-corrected chi connectivity index (χ0v) is 14.0. The van der Waals surface area contributed by atoms with E-state index in [4.69, 9.17) is 5.11 Å². The topological polar surface area (TPSA) is 37.3 Å². The summed E-state index contributed by atoms with van der Waals surface area (Å²) in [7, 11) is 0. The van der Waals surface area contributed by atoms with Crippen LogP contribution in [-0.4, -0.2) is 11.1 Å². The van der Waals surface area contributed by atoms with Crippen LogP contribution < -0.4 is 0 Å². The zero-order valence-electron chi connectivity index (χ0n) is 14.0. The summed E-state index contributed by atoms with van der Waals surface area (Å²) in [4.78, 5) is 9.94. The summed E-state index contributed by atoms with van der Waals surface area (Å²) in [5.74, 6) is 0.228. The molecule has 0 aliphatic heterocycles. The summed E-state index contributed by atoms with van der Waals surface area (Å²) in [6.45, 7) is 4.20. The SMILES string of the molecule is C/C=C\CCCC(=O)O.CCCCC/C=C/C1CCCC1. The fourth-order valence-electron chi connectivity index (χ4n) is 2.49. The lowest BCUT2D eigenvalue weighted by Gasteiger charge is -1.99. The van der Waals surface area contributed by atoms with E-state index in [-0.39, 0.29) is 6.42 Å². The summed E-state index contributed by atoms with van der Waals surface area (Å²) < 4.78 is 0. The summed E-state index contributed by atoms with van der Waals surface area (Å²) in [6, 6.07) is 0. The Hall–Kier alpha value is -1.05. The molecule has 2 nitrogen and oxygen atoms in total. The maximum absolute atomic E-state index is 9.94. The summed E-state index contributed by atoms with van der Waals surface area (Å²) in [5, 5.41) is 8.19. The molecule has 0 aromatic carbocycles. The third-order valence-electron chi connectivity index (χ3n) is 3.78. The lowest BCUT2D eigenvalue weighted by molar-refractivity contribution is -0.137. The molecule has 0 amide bonds. The van der Waals surface area contributed by atoms with Crippen molar-refractivity contribution in [3.05, 3.63) is 24.3 Å². The monoisotopic (exact) mass is 294 g/mol. The molecule has 0 aromatic heterocycles. The van der Waals surface area contributed by atoms with Crippen molar-refractivity contribution in [2.75, 3.05) is 0 Å². The van der Waals surface area contributed by atoms with Crippen LogP contribution in [0.2, 0.25) is 0 Å². The maximum Gasteiger partial charge on any atom is 0.303 e. The molecule has 1 N–H and O–H groups in total. The molecular formula is C19H34O2. The van der Waals surface area contributed by atoms with Gasteiger partial charge in [0.05, 0.1) is 0 Å². The highest BCUT2D eigenvalue weighted by molar-refractivity contribution is 5.66. The van der Waals surface area contributed by atoms with Gasteiger partial charge < -0.3 is 5.11 Å². The quantitative estimate of drug-likeness (QED) is 0.410. The van der Waals surface area contributed by atoms with Gasteiger partial charge in [-0.3, -0.25) is 4.79 Å². The molecule has 2 heteroatoms. The van der Waals surface area contributed by atoms with E-state index >= 15 is 0 Å². The second-order valence-electron chi connectivity index (χ2n) is 5.82. The Balaban J connectivity index is 0.000000400. The number of hydrogen-bond donors (Lipinski definition) is 1.